The molecule has 27 nitrogen and oxygen atoms in total. The van der Waals surface area contributed by atoms with Crippen LogP contribution in [-0.2, 0) is 35.2 Å². The van der Waals surface area contributed by atoms with Crippen molar-refractivity contribution < 1.29 is 74.0 Å². The van der Waals surface area contributed by atoms with Gasteiger partial charge in [0.2, 0.25) is 35.4 Å². The summed E-state index contributed by atoms with van der Waals surface area (Å²) < 4.78 is 5.20. The molecule has 1 saturated carbocycles. The van der Waals surface area contributed by atoms with Gasteiger partial charge in [-0.1, -0.05) is 55.7 Å². The molecule has 4 aliphatic heterocycles. The highest BCUT2D eigenvalue weighted by molar-refractivity contribution is 7.17. The SMILES string of the molecule is COc1cc(C[C@@H](O)[C@@H]2NC(=O)[C@@H]3C[C@@H](O)CN3C(=O)[C@H]([C@@H](C)O)NC(=O)C(NC(=O)c3ccc(-c4nnc(-c5ccc(N6CCN(C7CCCCC7)CC6)cc5)s4)cc3)C[C@@H](O)CNC(=O)[C@@H]3[C@@H](O)[C@@H](C)CN3C(=O)[C@H]([C@H](O)CCN)NC2=O)ccc1O. The number of benzene rings is 3. The molecule has 9 rings (SSSR count). The standard InChI is InChI=1S/C61H82N12O15S/c1-32-30-73-51(52(32)80)57(85)63-29-40(75)27-42(64-53(81)35-10-12-36(13-11-35)58-68-69-59(89-58)37-14-16-39(17-15-37)71-23-21-70(22-24-71)38-7-5-4-6-8-38)54(82)65-48(33(2)74)60(86)72-31-41(76)28-43(72)55(83)66-49(56(84)67-50(61(73)87)45(78)19-20-62)46(79)25-34-9-18-44(77)47(26-34)88-3/h9-18,26,32-33,38,40-43,45-46,48-52,74-80H,4-8,19-25,27-31,62H2,1-3H3,(H,63,85)(H,64,81)(H,65,82)(H,66,83)(H,67,84)/t32-,33+,40+,41+,42?,43-,45+,46+,48-,49-,50-,51-,52-/m0/s1. The fourth-order valence-corrected chi connectivity index (χ4v) is 13.4. The summed E-state index contributed by atoms with van der Waals surface area (Å²) in [5, 5.41) is 101. The highest BCUT2D eigenvalue weighted by Crippen LogP contribution is 2.33. The van der Waals surface area contributed by atoms with Gasteiger partial charge in [-0.25, -0.2) is 0 Å². The van der Waals surface area contributed by atoms with Gasteiger partial charge in [0.25, 0.3) is 5.91 Å². The fraction of sp³-hybridized carbons (Fsp3) is 0.557. The largest absolute Gasteiger partial charge is 0.504 e. The van der Waals surface area contributed by atoms with Crippen LogP contribution >= 0.6 is 11.3 Å². The van der Waals surface area contributed by atoms with Crippen LogP contribution < -0.4 is 42.0 Å². The molecule has 482 valence electrons. The number of aromatic nitrogens is 2. The molecule has 0 radical (unpaired) electrons. The average molecular weight is 1260 g/mol. The van der Waals surface area contributed by atoms with Gasteiger partial charge < -0.3 is 87.5 Å². The first-order valence-corrected chi connectivity index (χ1v) is 31.2. The number of rotatable bonds is 14. The Bertz CT molecular complexity index is 3140. The van der Waals surface area contributed by atoms with Gasteiger partial charge in [-0.2, -0.15) is 0 Å². The molecule has 89 heavy (non-hydrogen) atoms. The van der Waals surface area contributed by atoms with E-state index in [-0.39, 0.29) is 42.1 Å². The van der Waals surface area contributed by atoms with E-state index in [0.29, 0.717) is 21.6 Å². The van der Waals surface area contributed by atoms with Crippen molar-refractivity contribution in [3.63, 3.8) is 0 Å². The first-order valence-electron chi connectivity index (χ1n) is 30.4. The summed E-state index contributed by atoms with van der Waals surface area (Å²) >= 11 is 1.36. The van der Waals surface area contributed by atoms with Crippen molar-refractivity contribution in [3.8, 4) is 32.6 Å². The van der Waals surface area contributed by atoms with Crippen molar-refractivity contribution >= 4 is 58.4 Å². The van der Waals surface area contributed by atoms with E-state index >= 15 is 0 Å². The van der Waals surface area contributed by atoms with E-state index in [2.05, 4.69) is 58.7 Å². The molecular formula is C61H82N12O15S. The lowest BCUT2D eigenvalue weighted by atomic mass is 9.94. The molecular weight excluding hydrogens is 1170 g/mol. The van der Waals surface area contributed by atoms with Crippen molar-refractivity contribution in [1.29, 1.82) is 0 Å². The Kier molecular flexibility index (Phi) is 21.9. The third-order valence-corrected chi connectivity index (χ3v) is 18.6. The Balaban J connectivity index is 0.953. The number of nitrogens with two attached hydrogens (primary N) is 1. The maximum absolute atomic E-state index is 14.7. The van der Waals surface area contributed by atoms with Crippen molar-refractivity contribution in [2.24, 2.45) is 11.7 Å². The molecule has 28 heteroatoms. The normalized spacial score (nSPS) is 27.7. The number of aliphatic hydroxyl groups is 6. The number of aromatic hydroxyl groups is 1. The van der Waals surface area contributed by atoms with Crippen LogP contribution in [0.15, 0.2) is 66.7 Å². The lowest BCUT2D eigenvalue weighted by Crippen LogP contribution is -2.64. The van der Waals surface area contributed by atoms with Crippen molar-refractivity contribution in [2.75, 3.05) is 64.4 Å². The lowest BCUT2D eigenvalue weighted by molar-refractivity contribution is -0.147. The van der Waals surface area contributed by atoms with Crippen LogP contribution in [0.5, 0.6) is 11.5 Å². The summed E-state index contributed by atoms with van der Waals surface area (Å²) in [5.41, 5.74) is 8.80. The summed E-state index contributed by atoms with van der Waals surface area (Å²) in [6.45, 7) is 5.07. The third-order valence-electron chi connectivity index (χ3n) is 17.6. The number of amides is 7. The zero-order chi connectivity index (χ0) is 63.8. The number of carbonyl (C=O) groups is 7. The van der Waals surface area contributed by atoms with Gasteiger partial charge in [0.15, 0.2) is 11.5 Å². The number of nitrogens with one attached hydrogen (secondary N) is 5. The minimum atomic E-state index is -2.02. The molecule has 4 aromatic rings. The number of hydrogen-bond donors (Lipinski definition) is 13. The van der Waals surface area contributed by atoms with Gasteiger partial charge in [-0.15, -0.1) is 10.2 Å². The molecule has 5 aliphatic rings. The average Bonchev–Trinajstić information content (AvgIpc) is 2.09. The smallest absolute Gasteiger partial charge is 0.251 e. The first kappa shape index (κ1) is 66.0. The Labute approximate surface area is 519 Å². The van der Waals surface area contributed by atoms with Crippen molar-refractivity contribution in [1.82, 2.24) is 51.5 Å². The molecule has 13 atom stereocenters. The van der Waals surface area contributed by atoms with E-state index in [1.165, 1.54) is 80.9 Å². The number of anilines is 1. The number of hydrogen-bond acceptors (Lipinski definition) is 21. The number of carbonyl (C=O) groups excluding carboxylic acids is 7. The summed E-state index contributed by atoms with van der Waals surface area (Å²) in [5.74, 6) is -8.49. The number of aliphatic hydroxyl groups excluding tert-OH is 6. The van der Waals surface area contributed by atoms with E-state index in [1.807, 2.05) is 12.1 Å². The highest BCUT2D eigenvalue weighted by Gasteiger charge is 2.50. The molecule has 3 aromatic carbocycles. The Morgan fingerprint density at radius 3 is 2.01 bits per heavy atom. The fourth-order valence-electron chi connectivity index (χ4n) is 12.5. The minimum Gasteiger partial charge on any atom is -0.504 e. The first-order chi connectivity index (χ1) is 42.6. The maximum atomic E-state index is 14.7. The molecule has 1 aliphatic carbocycles. The Morgan fingerprint density at radius 2 is 1.37 bits per heavy atom. The second kappa shape index (κ2) is 29.5. The summed E-state index contributed by atoms with van der Waals surface area (Å²) in [4.78, 5) is 108. The van der Waals surface area contributed by atoms with Gasteiger partial charge in [0.05, 0.1) is 43.7 Å². The Hall–Kier alpha value is -7.41. The van der Waals surface area contributed by atoms with E-state index in [0.717, 1.165) is 54.2 Å². The second-order valence-electron chi connectivity index (χ2n) is 23.9. The van der Waals surface area contributed by atoms with E-state index in [4.69, 9.17) is 10.5 Å². The number of nitrogens with zero attached hydrogens (tertiary/aromatic N) is 6. The van der Waals surface area contributed by atoms with E-state index in [1.54, 1.807) is 19.1 Å². The lowest BCUT2D eigenvalue weighted by Gasteiger charge is -2.41. The summed E-state index contributed by atoms with van der Waals surface area (Å²) in [6.07, 6.45) is -5.17. The van der Waals surface area contributed by atoms with Gasteiger partial charge in [-0.3, -0.25) is 38.5 Å². The van der Waals surface area contributed by atoms with Gasteiger partial charge in [-0.05, 0) is 86.8 Å². The number of fused-ring (bicyclic) bond motifs is 2. The van der Waals surface area contributed by atoms with Crippen molar-refractivity contribution in [3.05, 3.63) is 77.9 Å². The molecule has 4 saturated heterocycles. The van der Waals surface area contributed by atoms with Crippen molar-refractivity contribution in [2.45, 2.75) is 151 Å². The molecule has 0 bridgehead atoms. The number of phenols is 1. The number of piperazine rings is 1. The van der Waals surface area contributed by atoms with Crippen LogP contribution in [0.25, 0.3) is 21.1 Å². The van der Waals surface area contributed by atoms with E-state index < -0.39 is 152 Å². The quantitative estimate of drug-likeness (QED) is 0.0672. The molecule has 14 N–H and O–H groups in total. The number of phenolic OH excluding ortho intramolecular Hbond substituents is 1. The van der Waals surface area contributed by atoms with Crippen LogP contribution in [0.3, 0.4) is 0 Å². The number of β-amino-alcohol motifs (C(OH)–C–C–N with tert-alkyl or cyclic N) is 1. The maximum Gasteiger partial charge on any atom is 0.251 e. The monoisotopic (exact) mass is 1250 g/mol. The molecule has 7 amide bonds. The molecule has 5 fully saturated rings. The van der Waals surface area contributed by atoms with Gasteiger partial charge >= 0.3 is 0 Å². The minimum absolute atomic E-state index is 0.00109. The highest BCUT2D eigenvalue weighted by atomic mass is 32.1. The van der Waals surface area contributed by atoms with Crippen LogP contribution in [0.4, 0.5) is 5.69 Å². The van der Waals surface area contributed by atoms with Crippen LogP contribution in [0, 0.1) is 5.92 Å². The zero-order valence-electron chi connectivity index (χ0n) is 50.0. The van der Waals surface area contributed by atoms with Gasteiger partial charge in [0.1, 0.15) is 46.3 Å². The van der Waals surface area contributed by atoms with Gasteiger partial charge in [0, 0.05) is 99.4 Å². The van der Waals surface area contributed by atoms with E-state index in [9.17, 15) is 69.3 Å². The molecule has 1 unspecified atom stereocenters. The predicted molar refractivity (Wildman–Crippen MR) is 325 cm³/mol. The van der Waals surface area contributed by atoms with Crippen LogP contribution in [-0.4, -0.2) is 240 Å². The van der Waals surface area contributed by atoms with Crippen LogP contribution in [0.1, 0.15) is 81.1 Å². The zero-order valence-corrected chi connectivity index (χ0v) is 50.8. The predicted octanol–water partition coefficient (Wildman–Crippen LogP) is -1.66. The number of ether oxygens (including phenoxy) is 1. The Morgan fingerprint density at radius 1 is 0.742 bits per heavy atom. The molecule has 5 heterocycles. The molecule has 1 aromatic heterocycles. The summed E-state index contributed by atoms with van der Waals surface area (Å²) in [6, 6.07) is 8.37. The second-order valence-corrected chi connectivity index (χ2v) is 24.9. The summed E-state index contributed by atoms with van der Waals surface area (Å²) in [7, 11) is 1.28. The number of methoxy groups -OCH3 is 1. The molecule has 0 spiro atoms. The van der Waals surface area contributed by atoms with Crippen LogP contribution in [0.2, 0.25) is 0 Å². The third kappa shape index (κ3) is 15.6. The topological polar surface area (TPSA) is 395 Å².